The topological polar surface area (TPSA) is 49.8 Å². The standard InChI is InChI=1S/C9H15NO3/c1-13-9-6-2-7(9)4-10(3-6)5-8(11)12/h6-7,9H,2-5H2,1H3,(H,11,12). The first-order valence-corrected chi connectivity index (χ1v) is 4.67. The van der Waals surface area contributed by atoms with Crippen molar-refractivity contribution in [2.45, 2.75) is 12.5 Å². The Labute approximate surface area is 77.5 Å². The van der Waals surface area contributed by atoms with Crippen LogP contribution in [0.2, 0.25) is 0 Å². The number of carboxylic acids is 1. The lowest BCUT2D eigenvalue weighted by Gasteiger charge is -2.52. The number of fused-ring (bicyclic) bond motifs is 2. The number of hydrogen-bond acceptors (Lipinski definition) is 3. The summed E-state index contributed by atoms with van der Waals surface area (Å²) in [5.41, 5.74) is 0. The molecule has 1 N–H and O–H groups in total. The van der Waals surface area contributed by atoms with Gasteiger partial charge in [0.15, 0.2) is 0 Å². The van der Waals surface area contributed by atoms with Crippen LogP contribution in [0.3, 0.4) is 0 Å². The highest BCUT2D eigenvalue weighted by Gasteiger charge is 2.46. The monoisotopic (exact) mass is 185 g/mol. The van der Waals surface area contributed by atoms with Crippen molar-refractivity contribution in [3.63, 3.8) is 0 Å². The second kappa shape index (κ2) is 3.27. The minimum atomic E-state index is -0.727. The van der Waals surface area contributed by atoms with Crippen molar-refractivity contribution < 1.29 is 14.6 Å². The molecule has 2 aliphatic heterocycles. The molecular weight excluding hydrogens is 170 g/mol. The quantitative estimate of drug-likeness (QED) is 0.674. The van der Waals surface area contributed by atoms with E-state index in [1.54, 1.807) is 7.11 Å². The fraction of sp³-hybridized carbons (Fsp3) is 0.889. The Kier molecular flexibility index (Phi) is 2.26. The molecule has 1 saturated carbocycles. The van der Waals surface area contributed by atoms with Crippen molar-refractivity contribution in [1.29, 1.82) is 0 Å². The summed E-state index contributed by atoms with van der Waals surface area (Å²) in [5, 5.41) is 8.62. The third kappa shape index (κ3) is 1.56. The van der Waals surface area contributed by atoms with Crippen molar-refractivity contribution >= 4 is 5.97 Å². The molecule has 0 aromatic carbocycles. The normalized spacial score (nSPS) is 38.4. The van der Waals surface area contributed by atoms with Crippen molar-refractivity contribution in [3.8, 4) is 0 Å². The van der Waals surface area contributed by atoms with E-state index in [2.05, 4.69) is 0 Å². The lowest BCUT2D eigenvalue weighted by molar-refractivity contribution is -0.149. The van der Waals surface area contributed by atoms with Gasteiger partial charge in [-0.2, -0.15) is 0 Å². The molecule has 1 aliphatic carbocycles. The molecule has 13 heavy (non-hydrogen) atoms. The fourth-order valence-electron chi connectivity index (χ4n) is 2.65. The highest BCUT2D eigenvalue weighted by molar-refractivity contribution is 5.69. The van der Waals surface area contributed by atoms with E-state index in [4.69, 9.17) is 9.84 Å². The summed E-state index contributed by atoms with van der Waals surface area (Å²) in [5.74, 6) is 0.418. The average molecular weight is 185 g/mol. The Balaban J connectivity index is 1.85. The van der Waals surface area contributed by atoms with Crippen LogP contribution in [0.5, 0.6) is 0 Å². The number of rotatable bonds is 3. The molecule has 0 aromatic heterocycles. The van der Waals surface area contributed by atoms with Crippen LogP contribution in [0.1, 0.15) is 6.42 Å². The average Bonchev–Trinajstić information content (AvgIpc) is 2.03. The van der Waals surface area contributed by atoms with Crippen LogP contribution in [-0.4, -0.2) is 48.8 Å². The largest absolute Gasteiger partial charge is 0.480 e. The number of piperidine rings is 2. The second-order valence-electron chi connectivity index (χ2n) is 4.04. The number of hydrogen-bond donors (Lipinski definition) is 1. The summed E-state index contributed by atoms with van der Waals surface area (Å²) < 4.78 is 5.33. The van der Waals surface area contributed by atoms with Gasteiger partial charge in [-0.1, -0.05) is 0 Å². The van der Waals surface area contributed by atoms with E-state index in [1.165, 1.54) is 6.42 Å². The van der Waals surface area contributed by atoms with Gasteiger partial charge in [0.05, 0.1) is 12.6 Å². The third-order valence-electron chi connectivity index (χ3n) is 3.15. The molecule has 0 spiro atoms. The van der Waals surface area contributed by atoms with Crippen molar-refractivity contribution in [2.24, 2.45) is 11.8 Å². The summed E-state index contributed by atoms with van der Waals surface area (Å²) in [6, 6.07) is 0. The highest BCUT2D eigenvalue weighted by Crippen LogP contribution is 2.41. The van der Waals surface area contributed by atoms with Gasteiger partial charge in [0.2, 0.25) is 0 Å². The van der Waals surface area contributed by atoms with E-state index in [0.717, 1.165) is 13.1 Å². The van der Waals surface area contributed by atoms with E-state index < -0.39 is 5.97 Å². The Bertz CT molecular complexity index is 207. The van der Waals surface area contributed by atoms with Crippen LogP contribution in [0.4, 0.5) is 0 Å². The zero-order chi connectivity index (χ0) is 9.42. The van der Waals surface area contributed by atoms with Crippen LogP contribution >= 0.6 is 0 Å². The lowest BCUT2D eigenvalue weighted by Crippen LogP contribution is -2.59. The molecule has 0 radical (unpaired) electrons. The van der Waals surface area contributed by atoms with Crippen LogP contribution < -0.4 is 0 Å². The molecule has 3 rings (SSSR count). The SMILES string of the molecule is COC1C2CC1CN(CC(=O)O)C2. The van der Waals surface area contributed by atoms with E-state index in [9.17, 15) is 4.79 Å². The maximum atomic E-state index is 10.5. The third-order valence-corrected chi connectivity index (χ3v) is 3.15. The molecule has 3 aliphatic rings. The Morgan fingerprint density at radius 1 is 1.54 bits per heavy atom. The molecule has 2 bridgehead atoms. The molecule has 2 unspecified atom stereocenters. The summed E-state index contributed by atoms with van der Waals surface area (Å²) in [4.78, 5) is 12.5. The number of ether oxygens (including phenoxy) is 1. The van der Waals surface area contributed by atoms with Crippen molar-refractivity contribution in [2.75, 3.05) is 26.7 Å². The first kappa shape index (κ1) is 8.97. The van der Waals surface area contributed by atoms with Crippen LogP contribution in [0.25, 0.3) is 0 Å². The molecule has 0 aromatic rings. The number of nitrogens with zero attached hydrogens (tertiary/aromatic N) is 1. The van der Waals surface area contributed by atoms with Crippen molar-refractivity contribution in [1.82, 2.24) is 4.90 Å². The lowest BCUT2D eigenvalue weighted by atomic mass is 9.68. The number of methoxy groups -OCH3 is 1. The maximum absolute atomic E-state index is 10.5. The summed E-state index contributed by atoms with van der Waals surface area (Å²) in [6.45, 7) is 1.96. The molecule has 3 fully saturated rings. The van der Waals surface area contributed by atoms with Gasteiger partial charge >= 0.3 is 5.97 Å². The summed E-state index contributed by atoms with van der Waals surface area (Å²) in [6.07, 6.45) is 1.61. The number of carbonyl (C=O) groups is 1. The molecule has 2 atom stereocenters. The van der Waals surface area contributed by atoms with E-state index in [0.29, 0.717) is 17.9 Å². The van der Waals surface area contributed by atoms with Crippen LogP contribution in [-0.2, 0) is 9.53 Å². The zero-order valence-corrected chi connectivity index (χ0v) is 7.77. The maximum Gasteiger partial charge on any atom is 0.317 e. The van der Waals surface area contributed by atoms with Crippen LogP contribution in [0, 0.1) is 11.8 Å². The van der Waals surface area contributed by atoms with E-state index in [1.807, 2.05) is 4.90 Å². The first-order valence-electron chi connectivity index (χ1n) is 4.67. The van der Waals surface area contributed by atoms with Crippen molar-refractivity contribution in [3.05, 3.63) is 0 Å². The van der Waals surface area contributed by atoms with E-state index in [-0.39, 0.29) is 6.54 Å². The Hall–Kier alpha value is -0.610. The predicted molar refractivity (Wildman–Crippen MR) is 46.5 cm³/mol. The molecule has 2 heterocycles. The molecular formula is C9H15NO3. The predicted octanol–water partition coefficient (Wildman–Crippen LogP) is 0.0377. The smallest absolute Gasteiger partial charge is 0.317 e. The Morgan fingerprint density at radius 3 is 2.62 bits per heavy atom. The molecule has 4 nitrogen and oxygen atoms in total. The van der Waals surface area contributed by atoms with Gasteiger partial charge < -0.3 is 9.84 Å². The molecule has 0 amide bonds. The van der Waals surface area contributed by atoms with Crippen LogP contribution in [0.15, 0.2) is 0 Å². The highest BCUT2D eigenvalue weighted by atomic mass is 16.5. The van der Waals surface area contributed by atoms with Gasteiger partial charge in [0, 0.05) is 20.2 Å². The summed E-state index contributed by atoms with van der Waals surface area (Å²) >= 11 is 0. The van der Waals surface area contributed by atoms with Gasteiger partial charge in [-0.15, -0.1) is 0 Å². The minimum absolute atomic E-state index is 0.184. The van der Waals surface area contributed by atoms with Gasteiger partial charge in [-0.05, 0) is 18.3 Å². The zero-order valence-electron chi connectivity index (χ0n) is 7.77. The minimum Gasteiger partial charge on any atom is -0.480 e. The van der Waals surface area contributed by atoms with Gasteiger partial charge in [-0.3, -0.25) is 9.69 Å². The number of carboxylic acid groups (broad SMARTS) is 1. The number of aliphatic carboxylic acids is 1. The Morgan fingerprint density at radius 2 is 2.15 bits per heavy atom. The van der Waals surface area contributed by atoms with Gasteiger partial charge in [-0.25, -0.2) is 0 Å². The van der Waals surface area contributed by atoms with E-state index >= 15 is 0 Å². The fourth-order valence-corrected chi connectivity index (χ4v) is 2.65. The van der Waals surface area contributed by atoms with Gasteiger partial charge in [0.25, 0.3) is 0 Å². The molecule has 74 valence electrons. The summed E-state index contributed by atoms with van der Waals surface area (Å²) in [7, 11) is 1.75. The first-order chi connectivity index (χ1) is 6.20. The van der Waals surface area contributed by atoms with Gasteiger partial charge in [0.1, 0.15) is 0 Å². The molecule has 4 heteroatoms. The molecule has 2 saturated heterocycles. The second-order valence-corrected chi connectivity index (χ2v) is 4.04.